The Labute approximate surface area is 122 Å². The summed E-state index contributed by atoms with van der Waals surface area (Å²) < 4.78 is 1.99. The number of nitrogens with two attached hydrogens (primary N) is 2. The number of nitrogens with zero attached hydrogens (tertiary/aromatic N) is 4. The molecule has 0 saturated carbocycles. The Balaban J connectivity index is 0.000000829. The van der Waals surface area contributed by atoms with Gasteiger partial charge in [-0.15, -0.1) is 0 Å². The van der Waals surface area contributed by atoms with E-state index in [0.29, 0.717) is 11.5 Å². The van der Waals surface area contributed by atoms with Crippen molar-refractivity contribution in [3.8, 4) is 0 Å². The fourth-order valence-electron chi connectivity index (χ4n) is 1.92. The molecule has 7 nitrogen and oxygen atoms in total. The highest BCUT2D eigenvalue weighted by molar-refractivity contribution is 5.96. The van der Waals surface area contributed by atoms with Crippen LogP contribution in [0, 0.1) is 0 Å². The Kier molecular flexibility index (Phi) is 9.40. The number of hydrazine groups is 1. The van der Waals surface area contributed by atoms with Gasteiger partial charge in [0.15, 0.2) is 5.84 Å². The molecule has 0 aliphatic carbocycles. The maximum Gasteiger partial charge on any atom is 0.187 e. The average molecular weight is 283 g/mol. The van der Waals surface area contributed by atoms with E-state index in [1.807, 2.05) is 38.4 Å². The Morgan fingerprint density at radius 1 is 1.30 bits per heavy atom. The maximum absolute atomic E-state index is 5.31. The van der Waals surface area contributed by atoms with Crippen LogP contribution in [-0.2, 0) is 13.1 Å². The molecule has 116 valence electrons. The molecule has 0 atom stereocenters. The molecule has 1 aromatic heterocycles. The molecule has 0 bridgehead atoms. The van der Waals surface area contributed by atoms with Crippen molar-refractivity contribution >= 4 is 5.84 Å². The second-order valence-electron chi connectivity index (χ2n) is 3.96. The first kappa shape index (κ1) is 18.4. The number of aromatic nitrogens is 2. The number of hydrazone groups is 1. The maximum atomic E-state index is 5.31. The lowest BCUT2D eigenvalue weighted by atomic mass is 10.3. The van der Waals surface area contributed by atoms with E-state index in [9.17, 15) is 0 Å². The predicted octanol–water partition coefficient (Wildman–Crippen LogP) is 0.855. The Morgan fingerprint density at radius 2 is 1.95 bits per heavy atom. The monoisotopic (exact) mass is 283 g/mol. The van der Waals surface area contributed by atoms with E-state index in [1.165, 1.54) is 0 Å². The molecule has 1 aliphatic rings. The van der Waals surface area contributed by atoms with E-state index in [-0.39, 0.29) is 0 Å². The third-order valence-corrected chi connectivity index (χ3v) is 2.71. The van der Waals surface area contributed by atoms with Crippen LogP contribution in [-0.4, -0.2) is 34.1 Å². The van der Waals surface area contributed by atoms with Crippen molar-refractivity contribution in [2.75, 3.05) is 13.6 Å². The van der Waals surface area contributed by atoms with Crippen molar-refractivity contribution in [2.45, 2.75) is 47.2 Å². The van der Waals surface area contributed by atoms with Crippen molar-refractivity contribution in [2.24, 2.45) is 16.8 Å². The first-order valence-electron chi connectivity index (χ1n) is 7.24. The van der Waals surface area contributed by atoms with Crippen LogP contribution in [0.15, 0.2) is 11.2 Å². The van der Waals surface area contributed by atoms with E-state index in [2.05, 4.69) is 27.6 Å². The van der Waals surface area contributed by atoms with Gasteiger partial charge in [0.25, 0.3) is 0 Å². The fourth-order valence-corrected chi connectivity index (χ4v) is 1.92. The van der Waals surface area contributed by atoms with Gasteiger partial charge in [0.1, 0.15) is 5.69 Å². The number of nitrogens with one attached hydrogen (secondary N) is 1. The third kappa shape index (κ3) is 4.82. The van der Waals surface area contributed by atoms with E-state index in [0.717, 1.165) is 31.7 Å². The molecule has 0 radical (unpaired) electrons. The largest absolute Gasteiger partial charge is 0.321 e. The quantitative estimate of drug-likeness (QED) is 0.307. The summed E-state index contributed by atoms with van der Waals surface area (Å²) in [5.74, 6) is 10.9. The lowest BCUT2D eigenvalue weighted by molar-refractivity contribution is 0.332. The fraction of sp³-hybridized carbons (Fsp3) is 0.692. The van der Waals surface area contributed by atoms with Crippen LogP contribution < -0.4 is 17.1 Å². The molecule has 5 N–H and O–H groups in total. The normalized spacial score (nSPS) is 15.0. The zero-order chi connectivity index (χ0) is 15.5. The molecule has 1 aliphatic heterocycles. The summed E-state index contributed by atoms with van der Waals surface area (Å²) in [4.78, 5) is 2.26. The van der Waals surface area contributed by atoms with Gasteiger partial charge in [0.2, 0.25) is 0 Å². The van der Waals surface area contributed by atoms with Gasteiger partial charge in [-0.05, 0) is 19.5 Å². The zero-order valence-corrected chi connectivity index (χ0v) is 13.3. The second-order valence-corrected chi connectivity index (χ2v) is 3.96. The van der Waals surface area contributed by atoms with Crippen LogP contribution >= 0.6 is 0 Å². The van der Waals surface area contributed by atoms with Gasteiger partial charge in [-0.2, -0.15) is 10.2 Å². The summed E-state index contributed by atoms with van der Waals surface area (Å²) in [6, 6.07) is 1.97. The summed E-state index contributed by atoms with van der Waals surface area (Å²) in [6.45, 7) is 10.9. The first-order chi connectivity index (χ1) is 9.74. The van der Waals surface area contributed by atoms with Crippen LogP contribution in [0.2, 0.25) is 0 Å². The van der Waals surface area contributed by atoms with Crippen LogP contribution in [0.25, 0.3) is 0 Å². The predicted molar refractivity (Wildman–Crippen MR) is 83.9 cm³/mol. The number of hydrogen-bond acceptors (Lipinski definition) is 5. The molecule has 20 heavy (non-hydrogen) atoms. The van der Waals surface area contributed by atoms with Gasteiger partial charge < -0.3 is 16.2 Å². The number of hydrogen-bond donors (Lipinski definition) is 3. The summed E-state index contributed by atoms with van der Waals surface area (Å²) in [7, 11) is 2.10. The van der Waals surface area contributed by atoms with Crippen molar-refractivity contribution in [3.05, 3.63) is 17.5 Å². The lowest BCUT2D eigenvalue weighted by Crippen LogP contribution is -2.32. The van der Waals surface area contributed by atoms with Gasteiger partial charge >= 0.3 is 0 Å². The molecule has 0 saturated heterocycles. The smallest absolute Gasteiger partial charge is 0.187 e. The highest BCUT2D eigenvalue weighted by Crippen LogP contribution is 2.12. The van der Waals surface area contributed by atoms with Crippen molar-refractivity contribution in [1.82, 2.24) is 20.1 Å². The summed E-state index contributed by atoms with van der Waals surface area (Å²) in [5.41, 5.74) is 4.29. The van der Waals surface area contributed by atoms with Crippen LogP contribution in [0.4, 0.5) is 0 Å². The minimum absolute atomic E-state index is 0.406. The number of aryl methyl sites for hydroxylation is 1. The Morgan fingerprint density at radius 3 is 2.50 bits per heavy atom. The van der Waals surface area contributed by atoms with E-state index < -0.39 is 0 Å². The molecular formula is C13H29N7. The molecule has 0 amide bonds. The minimum atomic E-state index is 0.406. The molecule has 0 spiro atoms. The van der Waals surface area contributed by atoms with Gasteiger partial charge in [-0.3, -0.25) is 4.68 Å². The highest BCUT2D eigenvalue weighted by Gasteiger charge is 2.16. The second kappa shape index (κ2) is 10.2. The van der Waals surface area contributed by atoms with Crippen LogP contribution in [0.3, 0.4) is 0 Å². The SMILES string of the molecule is CC.CC.CN1CCCn2nc(/C(=N/N)NN)cc2C1. The van der Waals surface area contributed by atoms with E-state index >= 15 is 0 Å². The van der Waals surface area contributed by atoms with Gasteiger partial charge in [0, 0.05) is 19.6 Å². The molecule has 2 rings (SSSR count). The van der Waals surface area contributed by atoms with Crippen molar-refractivity contribution in [1.29, 1.82) is 0 Å². The standard InChI is InChI=1S/C9H17N7.2C2H6/c1-15-3-2-4-16-7(6-15)5-8(14-16)9(12-10)13-11;2*1-2/h5H,2-4,6,10-11H2,1H3,(H,12,13);2*1-2H3. The zero-order valence-electron chi connectivity index (χ0n) is 13.3. The number of fused-ring (bicyclic) bond motifs is 1. The molecule has 0 unspecified atom stereocenters. The van der Waals surface area contributed by atoms with Crippen LogP contribution in [0.5, 0.6) is 0 Å². The van der Waals surface area contributed by atoms with Crippen molar-refractivity contribution in [3.63, 3.8) is 0 Å². The first-order valence-corrected chi connectivity index (χ1v) is 7.24. The molecule has 7 heteroatoms. The summed E-state index contributed by atoms with van der Waals surface area (Å²) >= 11 is 0. The summed E-state index contributed by atoms with van der Waals surface area (Å²) in [5, 5.41) is 7.98. The van der Waals surface area contributed by atoms with E-state index in [4.69, 9.17) is 11.7 Å². The Hall–Kier alpha value is -1.60. The number of amidine groups is 1. The topological polar surface area (TPSA) is 97.5 Å². The molecule has 1 aromatic rings. The average Bonchev–Trinajstić information content (AvgIpc) is 2.79. The van der Waals surface area contributed by atoms with Crippen LogP contribution in [0.1, 0.15) is 45.5 Å². The van der Waals surface area contributed by atoms with Gasteiger partial charge in [0.05, 0.1) is 5.69 Å². The Bertz CT molecular complexity index is 397. The van der Waals surface area contributed by atoms with E-state index in [1.54, 1.807) is 0 Å². The molecular weight excluding hydrogens is 254 g/mol. The third-order valence-electron chi connectivity index (χ3n) is 2.71. The van der Waals surface area contributed by atoms with Gasteiger partial charge in [-0.1, -0.05) is 27.7 Å². The molecule has 0 aromatic carbocycles. The lowest BCUT2D eigenvalue weighted by Gasteiger charge is -2.10. The summed E-state index contributed by atoms with van der Waals surface area (Å²) in [6.07, 6.45) is 1.09. The molecule has 0 fully saturated rings. The van der Waals surface area contributed by atoms with Crippen molar-refractivity contribution < 1.29 is 0 Å². The molecule has 2 heterocycles. The van der Waals surface area contributed by atoms with Gasteiger partial charge in [-0.25, -0.2) is 5.84 Å². The number of rotatable bonds is 1. The minimum Gasteiger partial charge on any atom is -0.321 e. The highest BCUT2D eigenvalue weighted by atomic mass is 15.4.